The van der Waals surface area contributed by atoms with Gasteiger partial charge in [-0.1, -0.05) is 6.07 Å². The lowest BCUT2D eigenvalue weighted by atomic mass is 10.2. The predicted octanol–water partition coefficient (Wildman–Crippen LogP) is 2.11. The van der Waals surface area contributed by atoms with Gasteiger partial charge in [0.05, 0.1) is 12.0 Å². The third kappa shape index (κ3) is 2.60. The second-order valence-corrected chi connectivity index (χ2v) is 3.12. The van der Waals surface area contributed by atoms with Crippen LogP contribution in [0, 0.1) is 5.82 Å². The minimum absolute atomic E-state index is 0.250. The summed E-state index contributed by atoms with van der Waals surface area (Å²) in [5.41, 5.74) is 6.11. The quantitative estimate of drug-likeness (QED) is 0.580. The lowest BCUT2D eigenvalue weighted by Gasteiger charge is -2.08. The molecule has 1 aromatic carbocycles. The van der Waals surface area contributed by atoms with Gasteiger partial charge in [0.2, 0.25) is 0 Å². The molecule has 4 heteroatoms. The maximum Gasteiger partial charge on any atom is 0.165 e. The van der Waals surface area contributed by atoms with Crippen molar-refractivity contribution in [2.75, 3.05) is 6.61 Å². The molecule has 13 heavy (non-hydrogen) atoms. The van der Waals surface area contributed by atoms with E-state index in [1.807, 2.05) is 0 Å². The van der Waals surface area contributed by atoms with Crippen molar-refractivity contribution in [1.82, 2.24) is 0 Å². The van der Waals surface area contributed by atoms with Gasteiger partial charge in [0.25, 0.3) is 0 Å². The predicted molar refractivity (Wildman–Crippen MR) is 53.5 cm³/mol. The van der Waals surface area contributed by atoms with Crippen LogP contribution >= 0.6 is 12.6 Å². The highest BCUT2D eigenvalue weighted by molar-refractivity contribution is 7.80. The minimum atomic E-state index is -0.454. The first-order valence-corrected chi connectivity index (χ1v) is 4.52. The molecule has 0 aliphatic rings. The highest BCUT2D eigenvalue weighted by atomic mass is 32.1. The summed E-state index contributed by atoms with van der Waals surface area (Å²) in [5, 5.41) is -0.454. The fraction of sp³-hybridized carbons (Fsp3) is 0.333. The lowest BCUT2D eigenvalue weighted by molar-refractivity contribution is 0.321. The van der Waals surface area contributed by atoms with Crippen LogP contribution in [0.5, 0.6) is 5.75 Å². The molecule has 1 unspecified atom stereocenters. The Morgan fingerprint density at radius 2 is 2.31 bits per heavy atom. The molecule has 1 rings (SSSR count). The smallest absolute Gasteiger partial charge is 0.165 e. The maximum absolute atomic E-state index is 13.2. The molecule has 0 spiro atoms. The Hall–Kier alpha value is -0.740. The monoisotopic (exact) mass is 201 g/mol. The zero-order valence-electron chi connectivity index (χ0n) is 7.33. The highest BCUT2D eigenvalue weighted by Gasteiger charge is 2.06. The maximum atomic E-state index is 13.2. The molecule has 0 amide bonds. The Labute approximate surface area is 82.3 Å². The topological polar surface area (TPSA) is 35.2 Å². The second kappa shape index (κ2) is 4.48. The van der Waals surface area contributed by atoms with Gasteiger partial charge in [-0.2, -0.15) is 12.6 Å². The zero-order chi connectivity index (χ0) is 9.84. The van der Waals surface area contributed by atoms with E-state index in [-0.39, 0.29) is 5.75 Å². The van der Waals surface area contributed by atoms with Crippen LogP contribution in [0.15, 0.2) is 18.2 Å². The number of benzene rings is 1. The molecule has 0 aromatic heterocycles. The molecule has 72 valence electrons. The van der Waals surface area contributed by atoms with Crippen molar-refractivity contribution in [2.45, 2.75) is 12.3 Å². The molecule has 0 fully saturated rings. The van der Waals surface area contributed by atoms with Crippen LogP contribution < -0.4 is 10.5 Å². The summed E-state index contributed by atoms with van der Waals surface area (Å²) in [6.07, 6.45) is 0. The van der Waals surface area contributed by atoms with Crippen LogP contribution in [0.2, 0.25) is 0 Å². The molecule has 0 saturated heterocycles. The Morgan fingerprint density at radius 1 is 1.62 bits per heavy atom. The van der Waals surface area contributed by atoms with Crippen molar-refractivity contribution < 1.29 is 9.13 Å². The molecule has 1 aromatic rings. The number of rotatable bonds is 3. The van der Waals surface area contributed by atoms with Crippen LogP contribution in [0.1, 0.15) is 17.9 Å². The van der Waals surface area contributed by atoms with Crippen molar-refractivity contribution in [3.63, 3.8) is 0 Å². The van der Waals surface area contributed by atoms with Crippen molar-refractivity contribution >= 4 is 12.6 Å². The molecule has 2 N–H and O–H groups in total. The summed E-state index contributed by atoms with van der Waals surface area (Å²) in [5.74, 6) is -0.149. The van der Waals surface area contributed by atoms with Gasteiger partial charge in [0, 0.05) is 0 Å². The zero-order valence-corrected chi connectivity index (χ0v) is 8.22. The summed E-state index contributed by atoms with van der Waals surface area (Å²) in [6, 6.07) is 4.60. The number of halogens is 1. The Bertz CT molecular complexity index is 291. The van der Waals surface area contributed by atoms with Gasteiger partial charge in [-0.05, 0) is 24.6 Å². The van der Waals surface area contributed by atoms with Crippen molar-refractivity contribution in [3.8, 4) is 5.75 Å². The summed E-state index contributed by atoms with van der Waals surface area (Å²) >= 11 is 3.99. The standard InChI is InChI=1S/C9H12FNOS/c1-2-12-8-4-3-6(9(11)13)5-7(8)10/h3-5,9,13H,2,11H2,1H3. The van der Waals surface area contributed by atoms with Crippen molar-refractivity contribution in [1.29, 1.82) is 0 Å². The average molecular weight is 201 g/mol. The van der Waals surface area contributed by atoms with E-state index >= 15 is 0 Å². The number of hydrogen-bond donors (Lipinski definition) is 2. The van der Waals surface area contributed by atoms with E-state index in [0.717, 1.165) is 0 Å². The van der Waals surface area contributed by atoms with E-state index in [2.05, 4.69) is 12.6 Å². The van der Waals surface area contributed by atoms with E-state index in [4.69, 9.17) is 10.5 Å². The molecule has 0 heterocycles. The van der Waals surface area contributed by atoms with Gasteiger partial charge < -0.3 is 10.5 Å². The number of ether oxygens (including phenoxy) is 1. The molecule has 2 nitrogen and oxygen atoms in total. The Balaban J connectivity index is 2.92. The molecule has 0 saturated carbocycles. The second-order valence-electron chi connectivity index (χ2n) is 2.57. The molecule has 0 aliphatic carbocycles. The first-order chi connectivity index (χ1) is 6.15. The summed E-state index contributed by atoms with van der Waals surface area (Å²) in [7, 11) is 0. The van der Waals surface area contributed by atoms with Crippen LogP contribution in [-0.4, -0.2) is 6.61 Å². The van der Waals surface area contributed by atoms with E-state index in [1.165, 1.54) is 6.07 Å². The first kappa shape index (κ1) is 10.3. The van der Waals surface area contributed by atoms with E-state index in [9.17, 15) is 4.39 Å². The normalized spacial score (nSPS) is 12.6. The van der Waals surface area contributed by atoms with Crippen LogP contribution in [0.25, 0.3) is 0 Å². The molecule has 0 bridgehead atoms. The largest absolute Gasteiger partial charge is 0.491 e. The van der Waals surface area contributed by atoms with Crippen LogP contribution in [-0.2, 0) is 0 Å². The van der Waals surface area contributed by atoms with Gasteiger partial charge in [0.1, 0.15) is 0 Å². The number of hydrogen-bond acceptors (Lipinski definition) is 3. The van der Waals surface area contributed by atoms with Gasteiger partial charge in [-0.25, -0.2) is 4.39 Å². The van der Waals surface area contributed by atoms with E-state index in [1.54, 1.807) is 19.1 Å². The lowest BCUT2D eigenvalue weighted by Crippen LogP contribution is -2.03. The highest BCUT2D eigenvalue weighted by Crippen LogP contribution is 2.22. The van der Waals surface area contributed by atoms with Gasteiger partial charge in [-0.3, -0.25) is 0 Å². The number of thiol groups is 1. The summed E-state index contributed by atoms with van der Waals surface area (Å²) in [6.45, 7) is 2.25. The van der Waals surface area contributed by atoms with Gasteiger partial charge in [-0.15, -0.1) is 0 Å². The van der Waals surface area contributed by atoms with Gasteiger partial charge in [0.15, 0.2) is 11.6 Å². The summed E-state index contributed by atoms with van der Waals surface area (Å²) < 4.78 is 18.2. The third-order valence-electron chi connectivity index (χ3n) is 1.60. The van der Waals surface area contributed by atoms with Crippen LogP contribution in [0.3, 0.4) is 0 Å². The van der Waals surface area contributed by atoms with Gasteiger partial charge >= 0.3 is 0 Å². The molecular formula is C9H12FNOS. The fourth-order valence-electron chi connectivity index (χ4n) is 0.974. The first-order valence-electron chi connectivity index (χ1n) is 4.01. The Kier molecular flexibility index (Phi) is 3.57. The number of nitrogens with two attached hydrogens (primary N) is 1. The SMILES string of the molecule is CCOc1ccc(C(N)S)cc1F. The molecule has 1 atom stereocenters. The van der Waals surface area contributed by atoms with Crippen molar-refractivity contribution in [3.05, 3.63) is 29.6 Å². The van der Waals surface area contributed by atoms with E-state index in [0.29, 0.717) is 12.2 Å². The molecule has 0 radical (unpaired) electrons. The fourth-order valence-corrected chi connectivity index (χ4v) is 1.13. The molecule has 0 aliphatic heterocycles. The van der Waals surface area contributed by atoms with Crippen molar-refractivity contribution in [2.24, 2.45) is 5.73 Å². The minimum Gasteiger partial charge on any atom is -0.491 e. The van der Waals surface area contributed by atoms with Crippen LogP contribution in [0.4, 0.5) is 4.39 Å². The third-order valence-corrected chi connectivity index (χ3v) is 1.90. The molecular weight excluding hydrogens is 189 g/mol. The summed E-state index contributed by atoms with van der Waals surface area (Å²) in [4.78, 5) is 0. The Morgan fingerprint density at radius 3 is 2.77 bits per heavy atom. The van der Waals surface area contributed by atoms with E-state index < -0.39 is 11.2 Å². The average Bonchev–Trinajstić information content (AvgIpc) is 2.08.